The molecule has 1 heterocycles. The highest BCUT2D eigenvalue weighted by Gasteiger charge is 2.24. The Hall–Kier alpha value is -2.63. The molecule has 0 bridgehead atoms. The summed E-state index contributed by atoms with van der Waals surface area (Å²) >= 11 is 0. The highest BCUT2D eigenvalue weighted by atomic mass is 16.2. The standard InChI is InChI=1S/C18H22N4O2/c1-12-6-5-9-14(10-12)19-18(24)15-11-16(22(2)21-15)20-17(23)13-7-3-4-8-13/h5-6,9-11,13H,3-4,7-8H2,1-2H3,(H,19,24)(H,20,23). The lowest BCUT2D eigenvalue weighted by atomic mass is 10.1. The van der Waals surface area contributed by atoms with Gasteiger partial charge in [-0.3, -0.25) is 14.3 Å². The number of benzene rings is 1. The average Bonchev–Trinajstić information content (AvgIpc) is 3.18. The van der Waals surface area contributed by atoms with Gasteiger partial charge in [0.2, 0.25) is 5.91 Å². The van der Waals surface area contributed by atoms with E-state index in [2.05, 4.69) is 15.7 Å². The first-order chi connectivity index (χ1) is 11.5. The third-order valence-corrected chi connectivity index (χ3v) is 4.37. The van der Waals surface area contributed by atoms with Gasteiger partial charge in [0.1, 0.15) is 5.82 Å². The van der Waals surface area contributed by atoms with Crippen molar-refractivity contribution in [3.8, 4) is 0 Å². The minimum Gasteiger partial charge on any atom is -0.321 e. The van der Waals surface area contributed by atoms with E-state index in [0.29, 0.717) is 5.82 Å². The summed E-state index contributed by atoms with van der Waals surface area (Å²) < 4.78 is 1.53. The summed E-state index contributed by atoms with van der Waals surface area (Å²) in [6.07, 6.45) is 4.08. The third-order valence-electron chi connectivity index (χ3n) is 4.37. The number of hydrogen-bond acceptors (Lipinski definition) is 3. The summed E-state index contributed by atoms with van der Waals surface area (Å²) in [4.78, 5) is 24.6. The number of nitrogens with zero attached hydrogens (tertiary/aromatic N) is 2. The molecule has 1 saturated carbocycles. The average molecular weight is 326 g/mol. The Bertz CT molecular complexity index is 760. The quantitative estimate of drug-likeness (QED) is 0.906. The van der Waals surface area contributed by atoms with Gasteiger partial charge >= 0.3 is 0 Å². The second kappa shape index (κ2) is 6.86. The first-order valence-electron chi connectivity index (χ1n) is 8.26. The van der Waals surface area contributed by atoms with Gasteiger partial charge in [-0.05, 0) is 37.5 Å². The first-order valence-corrected chi connectivity index (χ1v) is 8.26. The molecule has 0 radical (unpaired) electrons. The first kappa shape index (κ1) is 16.2. The van der Waals surface area contributed by atoms with E-state index in [9.17, 15) is 9.59 Å². The second-order valence-electron chi connectivity index (χ2n) is 6.33. The lowest BCUT2D eigenvalue weighted by Crippen LogP contribution is -2.21. The number of hydrogen-bond donors (Lipinski definition) is 2. The van der Waals surface area contributed by atoms with Gasteiger partial charge in [-0.15, -0.1) is 0 Å². The van der Waals surface area contributed by atoms with Crippen LogP contribution in [0.3, 0.4) is 0 Å². The van der Waals surface area contributed by atoms with E-state index < -0.39 is 0 Å². The molecule has 0 atom stereocenters. The van der Waals surface area contributed by atoms with E-state index in [1.165, 1.54) is 4.68 Å². The molecule has 0 aliphatic heterocycles. The van der Waals surface area contributed by atoms with Crippen LogP contribution < -0.4 is 10.6 Å². The summed E-state index contributed by atoms with van der Waals surface area (Å²) in [5.41, 5.74) is 2.07. The zero-order valence-electron chi connectivity index (χ0n) is 14.0. The van der Waals surface area contributed by atoms with Gasteiger partial charge < -0.3 is 10.6 Å². The van der Waals surface area contributed by atoms with Crippen LogP contribution in [0, 0.1) is 12.8 Å². The van der Waals surface area contributed by atoms with E-state index in [1.54, 1.807) is 13.1 Å². The van der Waals surface area contributed by atoms with Crippen molar-refractivity contribution in [3.05, 3.63) is 41.6 Å². The van der Waals surface area contributed by atoms with Crippen LogP contribution in [0.2, 0.25) is 0 Å². The Labute approximate surface area is 141 Å². The zero-order chi connectivity index (χ0) is 17.1. The molecule has 1 aromatic carbocycles. The van der Waals surface area contributed by atoms with Crippen molar-refractivity contribution in [1.82, 2.24) is 9.78 Å². The molecule has 126 valence electrons. The number of rotatable bonds is 4. The summed E-state index contributed by atoms with van der Waals surface area (Å²) in [5.74, 6) is 0.337. The molecule has 2 N–H and O–H groups in total. The van der Waals surface area contributed by atoms with E-state index in [4.69, 9.17) is 0 Å². The van der Waals surface area contributed by atoms with Crippen molar-refractivity contribution in [1.29, 1.82) is 0 Å². The van der Waals surface area contributed by atoms with Crippen molar-refractivity contribution in [2.24, 2.45) is 13.0 Å². The van der Waals surface area contributed by atoms with Gasteiger partial charge in [0.25, 0.3) is 5.91 Å². The molecule has 0 saturated heterocycles. The van der Waals surface area contributed by atoms with Crippen molar-refractivity contribution in [2.75, 3.05) is 10.6 Å². The van der Waals surface area contributed by atoms with Crippen molar-refractivity contribution < 1.29 is 9.59 Å². The van der Waals surface area contributed by atoms with Crippen molar-refractivity contribution in [2.45, 2.75) is 32.6 Å². The van der Waals surface area contributed by atoms with Crippen LogP contribution in [-0.2, 0) is 11.8 Å². The van der Waals surface area contributed by atoms with E-state index >= 15 is 0 Å². The fourth-order valence-corrected chi connectivity index (χ4v) is 3.03. The topological polar surface area (TPSA) is 76.0 Å². The predicted molar refractivity (Wildman–Crippen MR) is 92.9 cm³/mol. The number of aromatic nitrogens is 2. The number of carbonyl (C=O) groups excluding carboxylic acids is 2. The van der Waals surface area contributed by atoms with Gasteiger partial charge in [-0.2, -0.15) is 5.10 Å². The molecule has 2 aromatic rings. The SMILES string of the molecule is Cc1cccc(NC(=O)c2cc(NC(=O)C3CCCC3)n(C)n2)c1. The third kappa shape index (κ3) is 3.64. The van der Waals surface area contributed by atoms with E-state index in [-0.39, 0.29) is 23.4 Å². The summed E-state index contributed by atoms with van der Waals surface area (Å²) in [6, 6.07) is 9.18. The maximum atomic E-state index is 12.3. The van der Waals surface area contributed by atoms with Gasteiger partial charge in [0.15, 0.2) is 5.69 Å². The van der Waals surface area contributed by atoms with Gasteiger partial charge in [-0.25, -0.2) is 0 Å². The predicted octanol–water partition coefficient (Wildman–Crippen LogP) is 3.11. The van der Waals surface area contributed by atoms with Crippen LogP contribution in [0.25, 0.3) is 0 Å². The van der Waals surface area contributed by atoms with Crippen LogP contribution in [0.1, 0.15) is 41.7 Å². The lowest BCUT2D eigenvalue weighted by molar-refractivity contribution is -0.119. The van der Waals surface area contributed by atoms with Crippen molar-refractivity contribution >= 4 is 23.3 Å². The summed E-state index contributed by atoms with van der Waals surface area (Å²) in [5, 5.41) is 9.90. The Kier molecular flexibility index (Phi) is 4.64. The van der Waals surface area contributed by atoms with Crippen LogP contribution in [0.5, 0.6) is 0 Å². The molecule has 24 heavy (non-hydrogen) atoms. The van der Waals surface area contributed by atoms with Crippen LogP contribution in [-0.4, -0.2) is 21.6 Å². The summed E-state index contributed by atoms with van der Waals surface area (Å²) in [6.45, 7) is 1.97. The maximum Gasteiger partial charge on any atom is 0.276 e. The molecular formula is C18H22N4O2. The van der Waals surface area contributed by atoms with Crippen LogP contribution in [0.15, 0.2) is 30.3 Å². The molecule has 0 unspecified atom stereocenters. The van der Waals surface area contributed by atoms with Gasteiger partial charge in [-0.1, -0.05) is 25.0 Å². The smallest absolute Gasteiger partial charge is 0.276 e. The van der Waals surface area contributed by atoms with E-state index in [1.807, 2.05) is 31.2 Å². The Morgan fingerprint density at radius 2 is 1.92 bits per heavy atom. The molecule has 1 aliphatic carbocycles. The molecule has 1 aliphatic rings. The Balaban J connectivity index is 1.68. The van der Waals surface area contributed by atoms with Gasteiger partial charge in [0.05, 0.1) is 0 Å². The largest absolute Gasteiger partial charge is 0.321 e. The highest BCUT2D eigenvalue weighted by Crippen LogP contribution is 2.26. The maximum absolute atomic E-state index is 12.3. The minimum atomic E-state index is -0.294. The normalized spacial score (nSPS) is 14.6. The molecule has 1 aromatic heterocycles. The van der Waals surface area contributed by atoms with Crippen LogP contribution in [0.4, 0.5) is 11.5 Å². The monoisotopic (exact) mass is 326 g/mol. The number of carbonyl (C=O) groups is 2. The molecule has 3 rings (SSSR count). The molecule has 0 spiro atoms. The van der Waals surface area contributed by atoms with Crippen LogP contribution >= 0.6 is 0 Å². The molecule has 1 fully saturated rings. The fraction of sp³-hybridized carbons (Fsp3) is 0.389. The molecule has 2 amide bonds. The molecular weight excluding hydrogens is 304 g/mol. The highest BCUT2D eigenvalue weighted by molar-refractivity contribution is 6.04. The van der Waals surface area contributed by atoms with E-state index in [0.717, 1.165) is 36.9 Å². The number of nitrogens with one attached hydrogen (secondary N) is 2. The Morgan fingerprint density at radius 3 is 2.62 bits per heavy atom. The fourth-order valence-electron chi connectivity index (χ4n) is 3.03. The Morgan fingerprint density at radius 1 is 1.17 bits per heavy atom. The minimum absolute atomic E-state index is 0.0149. The molecule has 6 heteroatoms. The summed E-state index contributed by atoms with van der Waals surface area (Å²) in [7, 11) is 1.72. The van der Waals surface area contributed by atoms with Gasteiger partial charge in [0, 0.05) is 24.7 Å². The number of aryl methyl sites for hydroxylation is 2. The lowest BCUT2D eigenvalue weighted by Gasteiger charge is -2.09. The molecule has 6 nitrogen and oxygen atoms in total. The number of amides is 2. The second-order valence-corrected chi connectivity index (χ2v) is 6.33. The van der Waals surface area contributed by atoms with Crippen molar-refractivity contribution in [3.63, 3.8) is 0 Å². The number of anilines is 2. The zero-order valence-corrected chi connectivity index (χ0v) is 14.0.